The highest BCUT2D eigenvalue weighted by Gasteiger charge is 1.97. The van der Waals surface area contributed by atoms with Gasteiger partial charge in [-0.3, -0.25) is 0 Å². The van der Waals surface area contributed by atoms with Crippen LogP contribution in [-0.4, -0.2) is 21.7 Å². The van der Waals surface area contributed by atoms with Crippen LogP contribution in [0.4, 0.5) is 0 Å². The Hall–Kier alpha value is -1.00. The predicted octanol–water partition coefficient (Wildman–Crippen LogP) is 0.895. The number of ether oxygens (including phenoxy) is 1. The highest BCUT2D eigenvalue weighted by molar-refractivity contribution is 5.00. The van der Waals surface area contributed by atoms with Crippen molar-refractivity contribution in [3.63, 3.8) is 0 Å². The van der Waals surface area contributed by atoms with Crippen LogP contribution in [0.25, 0.3) is 0 Å². The lowest BCUT2D eigenvalue weighted by Gasteiger charge is -2.02. The van der Waals surface area contributed by atoms with Crippen molar-refractivity contribution in [1.82, 2.24) is 9.97 Å². The third-order valence-corrected chi connectivity index (χ3v) is 1.50. The summed E-state index contributed by atoms with van der Waals surface area (Å²) in [5.74, 6) is 0.625. The van der Waals surface area contributed by atoms with Gasteiger partial charge in [-0.15, -0.1) is 0 Å². The van der Waals surface area contributed by atoms with E-state index in [0.717, 1.165) is 6.42 Å². The molecule has 0 unspecified atom stereocenters. The molecule has 0 aliphatic carbocycles. The number of nitrogens with zero attached hydrogens (tertiary/aromatic N) is 2. The summed E-state index contributed by atoms with van der Waals surface area (Å²) < 4.78 is 5.26. The first-order chi connectivity index (χ1) is 6.36. The van der Waals surface area contributed by atoms with Gasteiger partial charge in [-0.05, 0) is 12.5 Å². The van der Waals surface area contributed by atoms with E-state index < -0.39 is 0 Å². The fourth-order valence-electron chi connectivity index (χ4n) is 0.907. The molecule has 72 valence electrons. The van der Waals surface area contributed by atoms with Crippen molar-refractivity contribution in [2.24, 2.45) is 0 Å². The van der Waals surface area contributed by atoms with Gasteiger partial charge in [0, 0.05) is 12.8 Å². The molecule has 4 nitrogen and oxygen atoms in total. The van der Waals surface area contributed by atoms with Crippen molar-refractivity contribution < 1.29 is 9.84 Å². The summed E-state index contributed by atoms with van der Waals surface area (Å²) in [4.78, 5) is 8.09. The van der Waals surface area contributed by atoms with E-state index in [1.54, 1.807) is 12.3 Å². The number of aromatic nitrogens is 2. The van der Waals surface area contributed by atoms with Crippen LogP contribution in [-0.2, 0) is 18.0 Å². The fourth-order valence-corrected chi connectivity index (χ4v) is 0.907. The van der Waals surface area contributed by atoms with E-state index in [1.165, 1.54) is 0 Å². The maximum atomic E-state index is 8.80. The molecule has 0 fully saturated rings. The summed E-state index contributed by atoms with van der Waals surface area (Å²) in [7, 11) is 0. The summed E-state index contributed by atoms with van der Waals surface area (Å²) in [6.07, 6.45) is 2.61. The van der Waals surface area contributed by atoms with E-state index >= 15 is 0 Å². The zero-order chi connectivity index (χ0) is 9.52. The molecule has 0 saturated carbocycles. The average Bonchev–Trinajstić information content (AvgIpc) is 2.19. The molecule has 0 radical (unpaired) electrons. The lowest BCUT2D eigenvalue weighted by Crippen LogP contribution is -2.02. The fraction of sp³-hybridized carbons (Fsp3) is 0.556. The van der Waals surface area contributed by atoms with Crippen LogP contribution in [0.3, 0.4) is 0 Å². The quantitative estimate of drug-likeness (QED) is 0.687. The van der Waals surface area contributed by atoms with Crippen molar-refractivity contribution >= 4 is 0 Å². The molecule has 0 amide bonds. The minimum Gasteiger partial charge on any atom is -0.390 e. The van der Waals surface area contributed by atoms with Gasteiger partial charge in [0.05, 0.1) is 12.3 Å². The molecule has 0 bridgehead atoms. The molecule has 0 spiro atoms. The highest BCUT2D eigenvalue weighted by atomic mass is 16.5. The Kier molecular flexibility index (Phi) is 4.35. The van der Waals surface area contributed by atoms with Crippen molar-refractivity contribution in [2.75, 3.05) is 6.61 Å². The maximum Gasteiger partial charge on any atom is 0.154 e. The minimum atomic E-state index is -0.0523. The Morgan fingerprint density at radius 1 is 1.54 bits per heavy atom. The first-order valence-corrected chi connectivity index (χ1v) is 4.36. The van der Waals surface area contributed by atoms with Crippen LogP contribution in [0.1, 0.15) is 24.9 Å². The molecule has 13 heavy (non-hydrogen) atoms. The van der Waals surface area contributed by atoms with Gasteiger partial charge in [0.2, 0.25) is 0 Å². The Morgan fingerprint density at radius 3 is 3.08 bits per heavy atom. The van der Waals surface area contributed by atoms with E-state index in [1.807, 2.05) is 6.92 Å². The molecule has 0 aromatic carbocycles. The summed E-state index contributed by atoms with van der Waals surface area (Å²) >= 11 is 0. The number of hydrogen-bond donors (Lipinski definition) is 1. The van der Waals surface area contributed by atoms with Gasteiger partial charge < -0.3 is 9.84 Å². The van der Waals surface area contributed by atoms with E-state index in [0.29, 0.717) is 24.7 Å². The Balaban J connectivity index is 2.46. The molecule has 1 aromatic heterocycles. The van der Waals surface area contributed by atoms with Crippen LogP contribution < -0.4 is 0 Å². The molecule has 1 aromatic rings. The van der Waals surface area contributed by atoms with Crippen LogP contribution >= 0.6 is 0 Å². The molecular weight excluding hydrogens is 168 g/mol. The van der Waals surface area contributed by atoms with E-state index in [9.17, 15) is 0 Å². The summed E-state index contributed by atoms with van der Waals surface area (Å²) in [5.41, 5.74) is 0.630. The van der Waals surface area contributed by atoms with Gasteiger partial charge in [0.15, 0.2) is 5.82 Å². The zero-order valence-corrected chi connectivity index (χ0v) is 7.73. The molecule has 0 aliphatic heterocycles. The second kappa shape index (κ2) is 5.61. The van der Waals surface area contributed by atoms with Gasteiger partial charge in [-0.1, -0.05) is 6.92 Å². The second-order valence-corrected chi connectivity index (χ2v) is 2.67. The maximum absolute atomic E-state index is 8.80. The van der Waals surface area contributed by atoms with Crippen LogP contribution in [0.5, 0.6) is 0 Å². The first-order valence-electron chi connectivity index (χ1n) is 4.36. The summed E-state index contributed by atoms with van der Waals surface area (Å²) in [5, 5.41) is 8.80. The molecule has 0 atom stereocenters. The van der Waals surface area contributed by atoms with Gasteiger partial charge in [-0.25, -0.2) is 9.97 Å². The average molecular weight is 182 g/mol. The monoisotopic (exact) mass is 182 g/mol. The highest BCUT2D eigenvalue weighted by Crippen LogP contribution is 1.97. The standard InChI is InChI=1S/C9H14N2O2/c1-2-5-13-7-9-10-4-3-8(6-12)11-9/h3-4,12H,2,5-7H2,1H3. The third kappa shape index (κ3) is 3.48. The van der Waals surface area contributed by atoms with Crippen LogP contribution in [0, 0.1) is 0 Å². The first kappa shape index (κ1) is 10.1. The Labute approximate surface area is 77.6 Å². The largest absolute Gasteiger partial charge is 0.390 e. The number of aliphatic hydroxyl groups excluding tert-OH is 1. The summed E-state index contributed by atoms with van der Waals surface area (Å²) in [6, 6.07) is 1.68. The molecule has 0 aliphatic rings. The Bertz CT molecular complexity index is 253. The van der Waals surface area contributed by atoms with Crippen LogP contribution in [0.2, 0.25) is 0 Å². The van der Waals surface area contributed by atoms with Crippen LogP contribution in [0.15, 0.2) is 12.3 Å². The molecule has 1 N–H and O–H groups in total. The van der Waals surface area contributed by atoms with E-state index in [4.69, 9.17) is 9.84 Å². The number of rotatable bonds is 5. The van der Waals surface area contributed by atoms with E-state index in [-0.39, 0.29) is 6.61 Å². The second-order valence-electron chi connectivity index (χ2n) is 2.67. The molecule has 1 heterocycles. The van der Waals surface area contributed by atoms with Crippen molar-refractivity contribution in [2.45, 2.75) is 26.6 Å². The molecular formula is C9H14N2O2. The number of hydrogen-bond acceptors (Lipinski definition) is 4. The van der Waals surface area contributed by atoms with Gasteiger partial charge >= 0.3 is 0 Å². The smallest absolute Gasteiger partial charge is 0.154 e. The van der Waals surface area contributed by atoms with Gasteiger partial charge in [0.25, 0.3) is 0 Å². The normalized spacial score (nSPS) is 10.3. The van der Waals surface area contributed by atoms with Crippen molar-refractivity contribution in [3.05, 3.63) is 23.8 Å². The lowest BCUT2D eigenvalue weighted by molar-refractivity contribution is 0.115. The topological polar surface area (TPSA) is 55.2 Å². The molecule has 4 heteroatoms. The van der Waals surface area contributed by atoms with Crippen molar-refractivity contribution in [3.8, 4) is 0 Å². The third-order valence-electron chi connectivity index (χ3n) is 1.50. The lowest BCUT2D eigenvalue weighted by atomic mass is 10.4. The van der Waals surface area contributed by atoms with Crippen molar-refractivity contribution in [1.29, 1.82) is 0 Å². The molecule has 1 rings (SSSR count). The van der Waals surface area contributed by atoms with E-state index in [2.05, 4.69) is 9.97 Å². The SMILES string of the molecule is CCCOCc1nccc(CO)n1. The zero-order valence-electron chi connectivity index (χ0n) is 7.73. The molecule has 0 saturated heterocycles. The minimum absolute atomic E-state index is 0.0523. The van der Waals surface area contributed by atoms with Gasteiger partial charge in [-0.2, -0.15) is 0 Å². The van der Waals surface area contributed by atoms with Gasteiger partial charge in [0.1, 0.15) is 6.61 Å². The summed E-state index contributed by atoms with van der Waals surface area (Å²) in [6.45, 7) is 3.13. The number of aliphatic hydroxyl groups is 1. The predicted molar refractivity (Wildman–Crippen MR) is 47.9 cm³/mol. The Morgan fingerprint density at radius 2 is 2.38 bits per heavy atom.